The van der Waals surface area contributed by atoms with Gasteiger partial charge in [-0.3, -0.25) is 19.6 Å². The summed E-state index contributed by atoms with van der Waals surface area (Å²) < 4.78 is 34.5. The zero-order chi connectivity index (χ0) is 21.5. The molecule has 0 spiro atoms. The first-order valence-corrected chi connectivity index (χ1v) is 11.2. The molecule has 1 aliphatic rings. The number of halogens is 1. The largest absolute Gasteiger partial charge is 0.429 e. The molecule has 0 radical (unpaired) electrons. The van der Waals surface area contributed by atoms with Gasteiger partial charge in [-0.25, -0.2) is 8.42 Å². The first-order valence-electron chi connectivity index (χ1n) is 9.01. The van der Waals surface area contributed by atoms with E-state index in [9.17, 15) is 18.5 Å². The Morgan fingerprint density at radius 3 is 2.40 bits per heavy atom. The van der Waals surface area contributed by atoms with E-state index in [-0.39, 0.29) is 10.6 Å². The van der Waals surface area contributed by atoms with Crippen LogP contribution in [-0.4, -0.2) is 53.3 Å². The molecule has 0 atom stereocenters. The lowest BCUT2D eigenvalue weighted by Crippen LogP contribution is -2.48. The zero-order valence-corrected chi connectivity index (χ0v) is 18.0. The van der Waals surface area contributed by atoms with Crippen LogP contribution in [0.3, 0.4) is 0 Å². The van der Waals surface area contributed by atoms with E-state index >= 15 is 0 Å². The average Bonchev–Trinajstić information content (AvgIpc) is 3.02. The van der Waals surface area contributed by atoms with E-state index in [4.69, 9.17) is 28.2 Å². The lowest BCUT2D eigenvalue weighted by atomic mass is 10.3. The number of hydrogen-bond acceptors (Lipinski definition) is 7. The molecule has 2 aromatic carbocycles. The van der Waals surface area contributed by atoms with Crippen LogP contribution in [0.4, 0.5) is 5.69 Å². The number of non-ortho nitro benzene ring substituents is 1. The van der Waals surface area contributed by atoms with E-state index < -0.39 is 14.9 Å². The molecule has 0 aliphatic carbocycles. The quantitative estimate of drug-likeness (QED) is 0.321. The van der Waals surface area contributed by atoms with Gasteiger partial charge >= 0.3 is 0 Å². The van der Waals surface area contributed by atoms with E-state index in [0.29, 0.717) is 48.3 Å². The first kappa shape index (κ1) is 20.9. The van der Waals surface area contributed by atoms with E-state index in [0.717, 1.165) is 5.52 Å². The van der Waals surface area contributed by atoms with Gasteiger partial charge in [-0.2, -0.15) is 4.31 Å². The molecule has 2 heterocycles. The Kier molecular flexibility index (Phi) is 5.64. The summed E-state index contributed by atoms with van der Waals surface area (Å²) in [6.07, 6.45) is 0. The van der Waals surface area contributed by atoms with Crippen LogP contribution >= 0.6 is 23.8 Å². The molecule has 1 aliphatic heterocycles. The Hall–Kier alpha value is -2.31. The Morgan fingerprint density at radius 1 is 1.10 bits per heavy atom. The number of nitrogens with zero attached hydrogens (tertiary/aromatic N) is 4. The summed E-state index contributed by atoms with van der Waals surface area (Å²) in [4.78, 5) is 12.7. The average molecular weight is 469 g/mol. The third-order valence-corrected chi connectivity index (χ3v) is 7.44. The molecule has 30 heavy (non-hydrogen) atoms. The lowest BCUT2D eigenvalue weighted by molar-refractivity contribution is -0.384. The predicted octanol–water partition coefficient (Wildman–Crippen LogP) is 3.49. The van der Waals surface area contributed by atoms with Gasteiger partial charge in [0.1, 0.15) is 0 Å². The van der Waals surface area contributed by atoms with Crippen molar-refractivity contribution in [2.75, 3.05) is 26.2 Å². The molecule has 0 N–H and O–H groups in total. The molecule has 9 nitrogen and oxygen atoms in total. The minimum absolute atomic E-state index is 0.0430. The van der Waals surface area contributed by atoms with Gasteiger partial charge in [0.2, 0.25) is 10.0 Å². The van der Waals surface area contributed by atoms with E-state index in [1.165, 1.54) is 28.6 Å². The molecule has 1 fully saturated rings. The number of sulfonamides is 1. The molecule has 0 amide bonds. The molecule has 0 unspecified atom stereocenters. The van der Waals surface area contributed by atoms with Gasteiger partial charge in [0.15, 0.2) is 5.58 Å². The van der Waals surface area contributed by atoms with E-state index in [2.05, 4.69) is 4.90 Å². The maximum atomic E-state index is 12.8. The minimum atomic E-state index is -3.71. The predicted molar refractivity (Wildman–Crippen MR) is 113 cm³/mol. The third-order valence-electron chi connectivity index (χ3n) is 4.99. The zero-order valence-electron chi connectivity index (χ0n) is 15.6. The van der Waals surface area contributed by atoms with E-state index in [1.807, 2.05) is 10.6 Å². The summed E-state index contributed by atoms with van der Waals surface area (Å²) in [6.45, 7) is 2.09. The van der Waals surface area contributed by atoms with Gasteiger partial charge in [0.05, 0.1) is 22.0 Å². The summed E-state index contributed by atoms with van der Waals surface area (Å²) >= 11 is 11.3. The molecule has 4 rings (SSSR count). The van der Waals surface area contributed by atoms with Gasteiger partial charge < -0.3 is 4.42 Å². The second kappa shape index (κ2) is 8.08. The molecular weight excluding hydrogens is 452 g/mol. The van der Waals surface area contributed by atoms with Crippen molar-refractivity contribution in [1.82, 2.24) is 13.8 Å². The van der Waals surface area contributed by atoms with Crippen molar-refractivity contribution in [2.45, 2.75) is 11.6 Å². The second-order valence-electron chi connectivity index (χ2n) is 6.82. The maximum Gasteiger partial charge on any atom is 0.270 e. The fraction of sp³-hybridized carbons (Fsp3) is 0.278. The maximum absolute atomic E-state index is 12.8. The Labute approximate surface area is 182 Å². The highest BCUT2D eigenvalue weighted by Gasteiger charge is 2.29. The van der Waals surface area contributed by atoms with Crippen LogP contribution in [0.2, 0.25) is 5.02 Å². The smallest absolute Gasteiger partial charge is 0.270 e. The topological polar surface area (TPSA) is 102 Å². The number of nitro groups is 1. The minimum Gasteiger partial charge on any atom is -0.429 e. The highest BCUT2D eigenvalue weighted by molar-refractivity contribution is 7.89. The summed E-state index contributed by atoms with van der Waals surface area (Å²) in [6, 6.07) is 10.2. The van der Waals surface area contributed by atoms with Crippen LogP contribution < -0.4 is 0 Å². The summed E-state index contributed by atoms with van der Waals surface area (Å²) in [5.41, 5.74) is 1.28. The van der Waals surface area contributed by atoms with Crippen molar-refractivity contribution in [3.05, 3.63) is 62.4 Å². The van der Waals surface area contributed by atoms with Gasteiger partial charge in [-0.05, 0) is 36.5 Å². The lowest BCUT2D eigenvalue weighted by Gasteiger charge is -2.34. The summed E-state index contributed by atoms with van der Waals surface area (Å²) in [5, 5.41) is 11.3. The number of benzene rings is 2. The van der Waals surface area contributed by atoms with Crippen LogP contribution in [0, 0.1) is 15.0 Å². The molecule has 1 aromatic heterocycles. The molecule has 0 bridgehead atoms. The van der Waals surface area contributed by atoms with Crippen molar-refractivity contribution < 1.29 is 17.8 Å². The Balaban J connectivity index is 1.46. The monoisotopic (exact) mass is 468 g/mol. The molecule has 1 saturated heterocycles. The number of aromatic nitrogens is 1. The molecular formula is C18H17ClN4O5S2. The van der Waals surface area contributed by atoms with Crippen LogP contribution in [0.5, 0.6) is 0 Å². The number of piperazine rings is 1. The standard InChI is InChI=1S/C18H17ClN4O5S2/c19-13-1-6-16-17(11-13)28-18(29)22(16)12-20-7-9-21(10-8-20)30(26,27)15-4-2-14(3-5-15)23(24)25/h1-6,11H,7-10,12H2. The van der Waals surface area contributed by atoms with Gasteiger partial charge in [-0.1, -0.05) is 11.6 Å². The van der Waals surface area contributed by atoms with E-state index in [1.54, 1.807) is 12.1 Å². The normalized spacial score (nSPS) is 16.2. The molecule has 158 valence electrons. The van der Waals surface area contributed by atoms with Crippen LogP contribution in [0.25, 0.3) is 11.1 Å². The van der Waals surface area contributed by atoms with Crippen LogP contribution in [0.15, 0.2) is 51.8 Å². The second-order valence-corrected chi connectivity index (χ2v) is 9.55. The fourth-order valence-electron chi connectivity index (χ4n) is 3.37. The highest BCUT2D eigenvalue weighted by Crippen LogP contribution is 2.24. The number of fused-ring (bicyclic) bond motifs is 1. The Bertz CT molecular complexity index is 1260. The summed E-state index contributed by atoms with van der Waals surface area (Å²) in [7, 11) is -3.71. The Morgan fingerprint density at radius 2 is 1.77 bits per heavy atom. The number of nitro benzene ring substituents is 1. The first-order chi connectivity index (χ1) is 14.3. The number of oxazole rings is 1. The van der Waals surface area contributed by atoms with Gasteiger partial charge in [-0.15, -0.1) is 0 Å². The number of rotatable bonds is 5. The van der Waals surface area contributed by atoms with Crippen molar-refractivity contribution in [1.29, 1.82) is 0 Å². The highest BCUT2D eigenvalue weighted by atomic mass is 35.5. The van der Waals surface area contributed by atoms with Crippen molar-refractivity contribution in [3.63, 3.8) is 0 Å². The van der Waals surface area contributed by atoms with Crippen LogP contribution in [-0.2, 0) is 16.7 Å². The SMILES string of the molecule is O=[N+]([O-])c1ccc(S(=O)(=O)N2CCN(Cn3c(=S)oc4cc(Cl)ccc43)CC2)cc1. The molecule has 12 heteroatoms. The summed E-state index contributed by atoms with van der Waals surface area (Å²) in [5.74, 6) is 0. The van der Waals surface area contributed by atoms with Crippen molar-refractivity contribution >= 4 is 50.6 Å². The third kappa shape index (κ3) is 3.98. The molecule has 0 saturated carbocycles. The number of hydrogen-bond donors (Lipinski definition) is 0. The van der Waals surface area contributed by atoms with Gasteiger partial charge in [0.25, 0.3) is 10.5 Å². The van der Waals surface area contributed by atoms with Crippen molar-refractivity contribution in [3.8, 4) is 0 Å². The molecule has 3 aromatic rings. The van der Waals surface area contributed by atoms with Gasteiger partial charge in [0, 0.05) is 49.4 Å². The van der Waals surface area contributed by atoms with Crippen LogP contribution in [0.1, 0.15) is 0 Å². The van der Waals surface area contributed by atoms with Crippen molar-refractivity contribution in [2.24, 2.45) is 0 Å². The fourth-order valence-corrected chi connectivity index (χ4v) is 5.20.